The van der Waals surface area contributed by atoms with Crippen LogP contribution in [0.1, 0.15) is 316 Å². The van der Waals surface area contributed by atoms with Crippen LogP contribution in [0, 0.1) is 0 Å². The lowest BCUT2D eigenvalue weighted by molar-refractivity contribution is -0.167. The Balaban J connectivity index is 4.38. The van der Waals surface area contributed by atoms with Crippen molar-refractivity contribution in [2.24, 2.45) is 0 Å². The van der Waals surface area contributed by atoms with E-state index in [0.717, 1.165) is 70.6 Å². The summed E-state index contributed by atoms with van der Waals surface area (Å²) in [5.41, 5.74) is 0. The van der Waals surface area contributed by atoms with Crippen LogP contribution in [0.2, 0.25) is 0 Å². The van der Waals surface area contributed by atoms with Gasteiger partial charge in [0.15, 0.2) is 6.10 Å². The fourth-order valence-corrected chi connectivity index (χ4v) is 8.89. The second-order valence-corrected chi connectivity index (χ2v) is 21.0. The zero-order valence-corrected chi connectivity index (χ0v) is 48.4. The molecule has 0 N–H and O–H groups in total. The molecule has 0 bridgehead atoms. The monoisotopic (exact) mass is 1020 g/mol. The van der Waals surface area contributed by atoms with Crippen molar-refractivity contribution in [3.8, 4) is 0 Å². The van der Waals surface area contributed by atoms with E-state index in [0.29, 0.717) is 19.3 Å². The minimum Gasteiger partial charge on any atom is -0.462 e. The molecule has 422 valence electrons. The Morgan fingerprint density at radius 2 is 0.493 bits per heavy atom. The molecule has 0 spiro atoms. The van der Waals surface area contributed by atoms with Gasteiger partial charge in [-0.1, -0.05) is 254 Å². The van der Waals surface area contributed by atoms with Crippen molar-refractivity contribution in [1.82, 2.24) is 0 Å². The quantitative estimate of drug-likeness (QED) is 0.0261. The van der Waals surface area contributed by atoms with E-state index in [1.54, 1.807) is 0 Å². The number of carbonyl (C=O) groups excluding carboxylic acids is 3. The molecule has 6 heteroatoms. The van der Waals surface area contributed by atoms with Crippen molar-refractivity contribution in [3.05, 3.63) is 72.9 Å². The number of unbranched alkanes of at least 4 members (excludes halogenated alkanes) is 34. The van der Waals surface area contributed by atoms with E-state index >= 15 is 0 Å². The van der Waals surface area contributed by atoms with Gasteiger partial charge in [-0.25, -0.2) is 0 Å². The number of allylic oxidation sites excluding steroid dienone is 12. The lowest BCUT2D eigenvalue weighted by Gasteiger charge is -2.18. The molecule has 0 saturated carbocycles. The lowest BCUT2D eigenvalue weighted by Crippen LogP contribution is -2.30. The highest BCUT2D eigenvalue weighted by atomic mass is 16.6. The fourth-order valence-electron chi connectivity index (χ4n) is 8.89. The van der Waals surface area contributed by atoms with E-state index < -0.39 is 6.10 Å². The normalized spacial score (nSPS) is 12.5. The van der Waals surface area contributed by atoms with Crippen molar-refractivity contribution in [2.45, 2.75) is 322 Å². The molecule has 0 rings (SSSR count). The van der Waals surface area contributed by atoms with Crippen molar-refractivity contribution < 1.29 is 28.6 Å². The first-order chi connectivity index (χ1) is 36.0. The molecule has 0 aliphatic rings. The highest BCUT2D eigenvalue weighted by molar-refractivity contribution is 5.71. The standard InChI is InChI=1S/C67H118O6/c1-4-7-10-13-16-19-22-25-28-30-32-33-35-37-40-42-45-48-51-54-57-60-66(69)72-63-64(73-67(70)61-58-55-52-49-46-43-38-27-24-21-18-15-12-9-6-3)62-71-65(68)59-56-53-50-47-44-41-39-36-34-31-29-26-23-20-17-14-11-8-5-2/h17-18,20-21,25-29,38,46,49,64H,4-16,19,22-24,30-37,39-45,47-48,50-63H2,1-3H3/b20-17-,21-18-,28-25-,29-26-,38-27-,49-46-/t64-/m1/s1. The first-order valence-electron chi connectivity index (χ1n) is 31.4. The summed E-state index contributed by atoms with van der Waals surface area (Å²) >= 11 is 0. The van der Waals surface area contributed by atoms with Gasteiger partial charge in [0, 0.05) is 19.3 Å². The van der Waals surface area contributed by atoms with Gasteiger partial charge in [-0.3, -0.25) is 14.4 Å². The third-order valence-electron chi connectivity index (χ3n) is 13.7. The van der Waals surface area contributed by atoms with Crippen LogP contribution in [-0.4, -0.2) is 37.2 Å². The maximum atomic E-state index is 12.9. The predicted octanol–water partition coefficient (Wildman–Crippen LogP) is 21.3. The molecule has 0 aliphatic carbocycles. The smallest absolute Gasteiger partial charge is 0.306 e. The van der Waals surface area contributed by atoms with E-state index in [9.17, 15) is 14.4 Å². The molecule has 0 heterocycles. The molecular weight excluding hydrogens is 901 g/mol. The molecule has 0 aromatic rings. The number of hydrogen-bond donors (Lipinski definition) is 0. The summed E-state index contributed by atoms with van der Waals surface area (Å²) in [6.45, 7) is 6.58. The van der Waals surface area contributed by atoms with Crippen molar-refractivity contribution in [3.63, 3.8) is 0 Å². The molecule has 1 atom stereocenters. The Morgan fingerprint density at radius 3 is 0.836 bits per heavy atom. The van der Waals surface area contributed by atoms with E-state index in [1.807, 2.05) is 0 Å². The number of esters is 3. The molecule has 0 aliphatic heterocycles. The SMILES string of the molecule is CCCCC/C=C\C/C=C\C/C=C\CCCCC(=O)O[C@H](COC(=O)CCCCCCCCCCC/C=C\C/C=C\CCCCC)COC(=O)CCCCCCCCCCCCC/C=C\CCCCCCCC. The second-order valence-electron chi connectivity index (χ2n) is 21.0. The van der Waals surface area contributed by atoms with Crippen LogP contribution in [0.25, 0.3) is 0 Å². The molecule has 0 aromatic heterocycles. The number of rotatable bonds is 57. The van der Waals surface area contributed by atoms with Crippen molar-refractivity contribution in [1.29, 1.82) is 0 Å². The zero-order chi connectivity index (χ0) is 52.9. The first-order valence-corrected chi connectivity index (χ1v) is 31.4. The first kappa shape index (κ1) is 69.8. The highest BCUT2D eigenvalue weighted by Crippen LogP contribution is 2.16. The maximum Gasteiger partial charge on any atom is 0.306 e. The summed E-state index contributed by atoms with van der Waals surface area (Å²) in [6.07, 6.45) is 79.0. The van der Waals surface area contributed by atoms with Gasteiger partial charge in [0.25, 0.3) is 0 Å². The minimum atomic E-state index is -0.798. The van der Waals surface area contributed by atoms with Crippen LogP contribution in [0.3, 0.4) is 0 Å². The topological polar surface area (TPSA) is 78.9 Å². The Labute approximate surface area is 453 Å². The van der Waals surface area contributed by atoms with Crippen LogP contribution in [0.4, 0.5) is 0 Å². The number of ether oxygens (including phenoxy) is 3. The summed E-state index contributed by atoms with van der Waals surface area (Å²) < 4.78 is 16.9. The Morgan fingerprint density at radius 1 is 0.274 bits per heavy atom. The van der Waals surface area contributed by atoms with Gasteiger partial charge in [-0.2, -0.15) is 0 Å². The largest absolute Gasteiger partial charge is 0.462 e. The zero-order valence-electron chi connectivity index (χ0n) is 48.4. The fraction of sp³-hybridized carbons (Fsp3) is 0.776. The van der Waals surface area contributed by atoms with Crippen LogP contribution in [0.15, 0.2) is 72.9 Å². The Kier molecular flexibility index (Phi) is 58.7. The maximum absolute atomic E-state index is 12.9. The number of hydrogen-bond acceptors (Lipinski definition) is 6. The molecule has 0 fully saturated rings. The molecule has 0 amide bonds. The summed E-state index contributed by atoms with van der Waals surface area (Å²) in [5, 5.41) is 0. The lowest BCUT2D eigenvalue weighted by atomic mass is 10.0. The average molecular weight is 1020 g/mol. The van der Waals surface area contributed by atoms with Gasteiger partial charge in [-0.05, 0) is 116 Å². The van der Waals surface area contributed by atoms with Crippen LogP contribution < -0.4 is 0 Å². The summed E-state index contributed by atoms with van der Waals surface area (Å²) in [4.78, 5) is 38.3. The molecule has 0 saturated heterocycles. The molecule has 0 radical (unpaired) electrons. The molecule has 73 heavy (non-hydrogen) atoms. The predicted molar refractivity (Wildman–Crippen MR) is 316 cm³/mol. The van der Waals surface area contributed by atoms with Gasteiger partial charge in [0.2, 0.25) is 0 Å². The summed E-state index contributed by atoms with van der Waals surface area (Å²) in [5.74, 6) is -0.922. The van der Waals surface area contributed by atoms with Crippen molar-refractivity contribution >= 4 is 17.9 Å². The summed E-state index contributed by atoms with van der Waals surface area (Å²) in [6, 6.07) is 0. The third kappa shape index (κ3) is 59.6. The summed E-state index contributed by atoms with van der Waals surface area (Å²) in [7, 11) is 0. The van der Waals surface area contributed by atoms with Gasteiger partial charge >= 0.3 is 17.9 Å². The molecular formula is C67H118O6. The van der Waals surface area contributed by atoms with Gasteiger partial charge in [0.05, 0.1) is 0 Å². The van der Waals surface area contributed by atoms with Crippen LogP contribution in [0.5, 0.6) is 0 Å². The van der Waals surface area contributed by atoms with E-state index in [2.05, 4.69) is 93.7 Å². The molecule has 0 unspecified atom stereocenters. The second kappa shape index (κ2) is 61.4. The van der Waals surface area contributed by atoms with Crippen LogP contribution >= 0.6 is 0 Å². The van der Waals surface area contributed by atoms with Crippen molar-refractivity contribution in [2.75, 3.05) is 13.2 Å². The van der Waals surface area contributed by atoms with Gasteiger partial charge < -0.3 is 14.2 Å². The average Bonchev–Trinajstić information content (AvgIpc) is 3.39. The highest BCUT2D eigenvalue weighted by Gasteiger charge is 2.19. The molecule has 0 aromatic carbocycles. The Hall–Kier alpha value is -3.15. The van der Waals surface area contributed by atoms with Gasteiger partial charge in [0.1, 0.15) is 13.2 Å². The van der Waals surface area contributed by atoms with Crippen LogP contribution in [-0.2, 0) is 28.6 Å². The van der Waals surface area contributed by atoms with Gasteiger partial charge in [-0.15, -0.1) is 0 Å². The minimum absolute atomic E-state index is 0.0910. The van der Waals surface area contributed by atoms with E-state index in [4.69, 9.17) is 14.2 Å². The molecule has 6 nitrogen and oxygen atoms in total. The third-order valence-corrected chi connectivity index (χ3v) is 13.7. The Bertz CT molecular complexity index is 1360. The number of carbonyl (C=O) groups is 3. The van der Waals surface area contributed by atoms with E-state index in [1.165, 1.54) is 199 Å². The van der Waals surface area contributed by atoms with E-state index in [-0.39, 0.29) is 37.5 Å².